The van der Waals surface area contributed by atoms with E-state index in [9.17, 15) is 0 Å². The van der Waals surface area contributed by atoms with Crippen LogP contribution in [0.5, 0.6) is 0 Å². The molecule has 1 aliphatic heterocycles. The first-order valence-corrected chi connectivity index (χ1v) is 3.61. The van der Waals surface area contributed by atoms with Crippen LogP contribution in [-0.2, 0) is 0 Å². The summed E-state index contributed by atoms with van der Waals surface area (Å²) in [7, 11) is 0. The molecule has 0 spiro atoms. The van der Waals surface area contributed by atoms with Crippen molar-refractivity contribution in [3.8, 4) is 0 Å². The SMILES string of the molecule is C=C1/C=C\C=C/C/C=C\C=N/1. The van der Waals surface area contributed by atoms with Gasteiger partial charge < -0.3 is 0 Å². The Bertz CT molecular complexity index is 218. The van der Waals surface area contributed by atoms with E-state index >= 15 is 0 Å². The van der Waals surface area contributed by atoms with E-state index in [0.29, 0.717) is 0 Å². The van der Waals surface area contributed by atoms with Crippen molar-refractivity contribution < 1.29 is 0 Å². The molecule has 0 fully saturated rings. The second-order valence-corrected chi connectivity index (χ2v) is 2.22. The van der Waals surface area contributed by atoms with E-state index < -0.39 is 0 Å². The van der Waals surface area contributed by atoms with Gasteiger partial charge in [-0.25, -0.2) is 0 Å². The van der Waals surface area contributed by atoms with Crippen molar-refractivity contribution in [1.29, 1.82) is 0 Å². The van der Waals surface area contributed by atoms with Crippen LogP contribution in [-0.4, -0.2) is 6.21 Å². The predicted molar refractivity (Wildman–Crippen MR) is 49.7 cm³/mol. The molecule has 0 aromatic heterocycles. The topological polar surface area (TPSA) is 12.4 Å². The minimum absolute atomic E-state index is 0.779. The van der Waals surface area contributed by atoms with Crippen LogP contribution in [0, 0.1) is 0 Å². The predicted octanol–water partition coefficient (Wildman–Crippen LogP) is 2.64. The highest BCUT2D eigenvalue weighted by atomic mass is 14.7. The molecule has 1 heterocycles. The first-order chi connectivity index (χ1) is 5.39. The molecule has 1 aliphatic rings. The molecule has 1 rings (SSSR count). The minimum Gasteiger partial charge on any atom is -0.258 e. The van der Waals surface area contributed by atoms with Gasteiger partial charge >= 0.3 is 0 Å². The van der Waals surface area contributed by atoms with E-state index in [1.54, 1.807) is 6.21 Å². The summed E-state index contributed by atoms with van der Waals surface area (Å²) in [6.45, 7) is 3.74. The third-order valence-corrected chi connectivity index (χ3v) is 1.27. The molecule has 1 heteroatoms. The number of hydrogen-bond donors (Lipinski definition) is 0. The lowest BCUT2D eigenvalue weighted by Gasteiger charge is -1.88. The molecule has 56 valence electrons. The fraction of sp³-hybridized carbons (Fsp3) is 0.100. The maximum absolute atomic E-state index is 4.06. The highest BCUT2D eigenvalue weighted by Gasteiger charge is 1.78. The first-order valence-electron chi connectivity index (χ1n) is 3.61. The second-order valence-electron chi connectivity index (χ2n) is 2.22. The summed E-state index contributed by atoms with van der Waals surface area (Å²) in [6.07, 6.45) is 14.6. The van der Waals surface area contributed by atoms with Crippen LogP contribution in [0.3, 0.4) is 0 Å². The number of nitrogens with zero attached hydrogens (tertiary/aromatic N) is 1. The lowest BCUT2D eigenvalue weighted by Crippen LogP contribution is -1.71. The molecule has 0 aromatic carbocycles. The van der Waals surface area contributed by atoms with Crippen LogP contribution >= 0.6 is 0 Å². The molecule has 0 bridgehead atoms. The Morgan fingerprint density at radius 2 is 2.00 bits per heavy atom. The summed E-state index contributed by atoms with van der Waals surface area (Å²) in [6, 6.07) is 0. The fourth-order valence-corrected chi connectivity index (χ4v) is 0.724. The third kappa shape index (κ3) is 3.36. The largest absolute Gasteiger partial charge is 0.258 e. The van der Waals surface area contributed by atoms with Crippen LogP contribution in [0.4, 0.5) is 0 Å². The lowest BCUT2D eigenvalue weighted by atomic mass is 10.3. The van der Waals surface area contributed by atoms with Gasteiger partial charge in [-0.15, -0.1) is 0 Å². The van der Waals surface area contributed by atoms with Gasteiger partial charge in [0, 0.05) is 6.21 Å². The summed E-state index contributed by atoms with van der Waals surface area (Å²) < 4.78 is 0. The fourth-order valence-electron chi connectivity index (χ4n) is 0.724. The molecule has 0 aromatic rings. The monoisotopic (exact) mass is 145 g/mol. The maximum atomic E-state index is 4.06. The zero-order chi connectivity index (χ0) is 7.94. The molecule has 11 heavy (non-hydrogen) atoms. The zero-order valence-electron chi connectivity index (χ0n) is 6.40. The number of allylic oxidation sites excluding steroid dienone is 6. The van der Waals surface area contributed by atoms with Gasteiger partial charge in [-0.1, -0.05) is 30.9 Å². The molecular weight excluding hydrogens is 134 g/mol. The number of rotatable bonds is 0. The van der Waals surface area contributed by atoms with Crippen LogP contribution in [0.1, 0.15) is 6.42 Å². The van der Waals surface area contributed by atoms with Gasteiger partial charge in [0.1, 0.15) is 0 Å². The van der Waals surface area contributed by atoms with Crippen molar-refractivity contribution in [2.75, 3.05) is 0 Å². The minimum atomic E-state index is 0.779. The molecule has 0 aliphatic carbocycles. The Hall–Kier alpha value is -1.37. The molecule has 0 radical (unpaired) electrons. The van der Waals surface area contributed by atoms with Gasteiger partial charge in [0.25, 0.3) is 0 Å². The van der Waals surface area contributed by atoms with E-state index in [1.807, 2.05) is 30.4 Å². The third-order valence-electron chi connectivity index (χ3n) is 1.27. The van der Waals surface area contributed by atoms with E-state index in [2.05, 4.69) is 17.6 Å². The Morgan fingerprint density at radius 1 is 1.18 bits per heavy atom. The summed E-state index contributed by atoms with van der Waals surface area (Å²) in [5.74, 6) is 0. The van der Waals surface area contributed by atoms with Crippen molar-refractivity contribution in [2.45, 2.75) is 6.42 Å². The molecular formula is C10H11N. The van der Waals surface area contributed by atoms with E-state index in [-0.39, 0.29) is 0 Å². The Morgan fingerprint density at radius 3 is 2.91 bits per heavy atom. The zero-order valence-corrected chi connectivity index (χ0v) is 6.40. The highest BCUT2D eigenvalue weighted by Crippen LogP contribution is 1.96. The lowest BCUT2D eigenvalue weighted by molar-refractivity contribution is 1.38. The molecule has 0 atom stereocenters. The summed E-state index contributed by atoms with van der Waals surface area (Å²) >= 11 is 0. The van der Waals surface area contributed by atoms with Gasteiger partial charge in [-0.2, -0.15) is 0 Å². The molecule has 0 unspecified atom stereocenters. The van der Waals surface area contributed by atoms with Crippen molar-refractivity contribution >= 4 is 6.21 Å². The van der Waals surface area contributed by atoms with Gasteiger partial charge in [0.15, 0.2) is 0 Å². The Kier molecular flexibility index (Phi) is 3.13. The van der Waals surface area contributed by atoms with Gasteiger partial charge in [-0.3, -0.25) is 4.99 Å². The average molecular weight is 145 g/mol. The van der Waals surface area contributed by atoms with Gasteiger partial charge in [-0.05, 0) is 18.6 Å². The van der Waals surface area contributed by atoms with Gasteiger partial charge in [0.05, 0.1) is 5.70 Å². The molecule has 0 amide bonds. The number of aliphatic imine (C=N–C) groups is 1. The summed E-state index contributed by atoms with van der Waals surface area (Å²) in [5.41, 5.74) is 0.779. The van der Waals surface area contributed by atoms with Crippen molar-refractivity contribution in [3.05, 3.63) is 48.7 Å². The number of hydrogen-bond acceptors (Lipinski definition) is 1. The average Bonchev–Trinajstić information content (AvgIpc) is 2.03. The van der Waals surface area contributed by atoms with E-state index in [0.717, 1.165) is 12.1 Å². The molecule has 1 nitrogen and oxygen atoms in total. The first kappa shape index (κ1) is 7.73. The van der Waals surface area contributed by atoms with Crippen LogP contribution in [0.15, 0.2) is 53.7 Å². The maximum Gasteiger partial charge on any atom is 0.0557 e. The molecule has 0 saturated carbocycles. The van der Waals surface area contributed by atoms with E-state index in [4.69, 9.17) is 0 Å². The quantitative estimate of drug-likeness (QED) is 0.497. The summed E-state index contributed by atoms with van der Waals surface area (Å²) in [4.78, 5) is 4.06. The molecule has 0 N–H and O–H groups in total. The highest BCUT2D eigenvalue weighted by molar-refractivity contribution is 5.72. The normalized spacial score (nSPS) is 28.9. The van der Waals surface area contributed by atoms with Crippen LogP contribution in [0.2, 0.25) is 0 Å². The van der Waals surface area contributed by atoms with Gasteiger partial charge in [0.2, 0.25) is 0 Å². The van der Waals surface area contributed by atoms with Crippen LogP contribution in [0.25, 0.3) is 0 Å². The van der Waals surface area contributed by atoms with Crippen molar-refractivity contribution in [3.63, 3.8) is 0 Å². The standard InChI is InChI=1S/C10H11N/c1-10-8-6-4-2-3-5-7-9-11-10/h2,4-9H,1,3H2/b4-2-,7-5-,8-6-,11-9-. The second kappa shape index (κ2) is 4.45. The Balaban J connectivity index is 2.69. The van der Waals surface area contributed by atoms with E-state index in [1.165, 1.54) is 0 Å². The summed E-state index contributed by atoms with van der Waals surface area (Å²) in [5, 5.41) is 0. The van der Waals surface area contributed by atoms with Crippen molar-refractivity contribution in [1.82, 2.24) is 0 Å². The Labute approximate surface area is 67.2 Å². The van der Waals surface area contributed by atoms with Crippen LogP contribution < -0.4 is 0 Å². The molecule has 0 saturated heterocycles. The van der Waals surface area contributed by atoms with Crippen molar-refractivity contribution in [2.24, 2.45) is 4.99 Å². The smallest absolute Gasteiger partial charge is 0.0557 e.